The molecule has 1 N–H and O–H groups in total. The van der Waals surface area contributed by atoms with Gasteiger partial charge in [0.05, 0.1) is 17.1 Å². The number of H-pyrrole nitrogens is 1. The third kappa shape index (κ3) is 3.04. The lowest BCUT2D eigenvalue weighted by molar-refractivity contribution is 0.205. The van der Waals surface area contributed by atoms with E-state index in [0.717, 1.165) is 29.9 Å². The van der Waals surface area contributed by atoms with Crippen molar-refractivity contribution in [1.29, 1.82) is 0 Å². The monoisotopic (exact) mass is 273 g/mol. The summed E-state index contributed by atoms with van der Waals surface area (Å²) in [5.74, 6) is 1.09. The van der Waals surface area contributed by atoms with Crippen LogP contribution < -0.4 is 0 Å². The van der Waals surface area contributed by atoms with Gasteiger partial charge in [0.15, 0.2) is 0 Å². The number of imidazole rings is 1. The SMILES string of the molecule is CCCN(CCC)C(C)c1nc2cc(C)c(C)cc2[nH]1. The van der Waals surface area contributed by atoms with Crippen molar-refractivity contribution < 1.29 is 0 Å². The minimum Gasteiger partial charge on any atom is -0.341 e. The van der Waals surface area contributed by atoms with Crippen molar-refractivity contribution in [3.8, 4) is 0 Å². The molecule has 0 aliphatic rings. The number of aromatic nitrogens is 2. The van der Waals surface area contributed by atoms with E-state index < -0.39 is 0 Å². The van der Waals surface area contributed by atoms with Crippen molar-refractivity contribution >= 4 is 11.0 Å². The van der Waals surface area contributed by atoms with Crippen LogP contribution in [-0.4, -0.2) is 28.0 Å². The number of fused-ring (bicyclic) bond motifs is 1. The van der Waals surface area contributed by atoms with Gasteiger partial charge >= 0.3 is 0 Å². The maximum absolute atomic E-state index is 4.80. The van der Waals surface area contributed by atoms with Gasteiger partial charge in [-0.05, 0) is 70.0 Å². The fraction of sp³-hybridized carbons (Fsp3) is 0.588. The van der Waals surface area contributed by atoms with Gasteiger partial charge < -0.3 is 4.98 Å². The average molecular weight is 273 g/mol. The van der Waals surface area contributed by atoms with Crippen LogP contribution in [0, 0.1) is 13.8 Å². The minimum absolute atomic E-state index is 0.350. The van der Waals surface area contributed by atoms with Crippen LogP contribution in [0.3, 0.4) is 0 Å². The second-order valence-electron chi connectivity index (χ2n) is 5.79. The van der Waals surface area contributed by atoms with Crippen LogP contribution in [0.25, 0.3) is 11.0 Å². The lowest BCUT2D eigenvalue weighted by Crippen LogP contribution is -2.29. The predicted molar refractivity (Wildman–Crippen MR) is 86.1 cm³/mol. The Balaban J connectivity index is 2.31. The van der Waals surface area contributed by atoms with Gasteiger partial charge in [0.25, 0.3) is 0 Å². The number of nitrogens with zero attached hydrogens (tertiary/aromatic N) is 2. The third-order valence-electron chi connectivity index (χ3n) is 4.08. The molecular formula is C17H27N3. The summed E-state index contributed by atoms with van der Waals surface area (Å²) in [5.41, 5.74) is 4.87. The molecule has 0 radical (unpaired) electrons. The number of aryl methyl sites for hydroxylation is 2. The second kappa shape index (κ2) is 6.40. The molecule has 0 amide bonds. The highest BCUT2D eigenvalue weighted by molar-refractivity contribution is 5.77. The highest BCUT2D eigenvalue weighted by Gasteiger charge is 2.17. The smallest absolute Gasteiger partial charge is 0.124 e. The first kappa shape index (κ1) is 15.0. The van der Waals surface area contributed by atoms with E-state index in [1.165, 1.54) is 24.0 Å². The molecular weight excluding hydrogens is 246 g/mol. The van der Waals surface area contributed by atoms with Crippen LogP contribution in [0.4, 0.5) is 0 Å². The Morgan fingerprint density at radius 3 is 2.30 bits per heavy atom. The normalized spacial score (nSPS) is 13.3. The number of rotatable bonds is 6. The summed E-state index contributed by atoms with van der Waals surface area (Å²) in [5, 5.41) is 0. The van der Waals surface area contributed by atoms with Crippen LogP contribution >= 0.6 is 0 Å². The number of aromatic amines is 1. The summed E-state index contributed by atoms with van der Waals surface area (Å²) >= 11 is 0. The fourth-order valence-electron chi connectivity index (χ4n) is 2.73. The topological polar surface area (TPSA) is 31.9 Å². The Morgan fingerprint density at radius 2 is 1.70 bits per heavy atom. The Morgan fingerprint density at radius 1 is 1.10 bits per heavy atom. The standard InChI is InChI=1S/C17H27N3/c1-6-8-20(9-7-2)14(5)17-18-15-10-12(3)13(4)11-16(15)19-17/h10-11,14H,6-9H2,1-5H3,(H,18,19). The zero-order chi connectivity index (χ0) is 14.7. The molecule has 1 atom stereocenters. The quantitative estimate of drug-likeness (QED) is 0.848. The molecule has 110 valence electrons. The third-order valence-corrected chi connectivity index (χ3v) is 4.08. The molecule has 2 rings (SSSR count). The van der Waals surface area contributed by atoms with Crippen LogP contribution in [-0.2, 0) is 0 Å². The van der Waals surface area contributed by atoms with Crippen molar-refractivity contribution in [1.82, 2.24) is 14.9 Å². The average Bonchev–Trinajstić information content (AvgIpc) is 2.81. The molecule has 20 heavy (non-hydrogen) atoms. The molecule has 1 aromatic carbocycles. The summed E-state index contributed by atoms with van der Waals surface area (Å²) in [6, 6.07) is 4.74. The first-order valence-electron chi connectivity index (χ1n) is 7.77. The molecule has 3 nitrogen and oxygen atoms in total. The Labute approximate surface area is 122 Å². The van der Waals surface area contributed by atoms with Crippen LogP contribution in [0.1, 0.15) is 56.6 Å². The van der Waals surface area contributed by atoms with E-state index in [4.69, 9.17) is 4.98 Å². The van der Waals surface area contributed by atoms with Gasteiger partial charge in [-0.15, -0.1) is 0 Å². The van der Waals surface area contributed by atoms with Gasteiger partial charge in [0.2, 0.25) is 0 Å². The molecule has 1 aromatic heterocycles. The van der Waals surface area contributed by atoms with Crippen molar-refractivity contribution in [2.24, 2.45) is 0 Å². The van der Waals surface area contributed by atoms with E-state index in [1.54, 1.807) is 0 Å². The number of hydrogen-bond donors (Lipinski definition) is 1. The van der Waals surface area contributed by atoms with Gasteiger partial charge in [-0.2, -0.15) is 0 Å². The molecule has 0 spiro atoms. The van der Waals surface area contributed by atoms with E-state index in [-0.39, 0.29) is 0 Å². The Kier molecular flexibility index (Phi) is 4.81. The predicted octanol–water partition coefficient (Wildman–Crippen LogP) is 4.36. The minimum atomic E-state index is 0.350. The number of hydrogen-bond acceptors (Lipinski definition) is 2. The first-order valence-corrected chi connectivity index (χ1v) is 7.77. The summed E-state index contributed by atoms with van der Waals surface area (Å²) in [4.78, 5) is 10.8. The Hall–Kier alpha value is -1.35. The molecule has 0 aliphatic carbocycles. The van der Waals surface area contributed by atoms with E-state index in [0.29, 0.717) is 6.04 Å². The van der Waals surface area contributed by atoms with Crippen LogP contribution in [0.2, 0.25) is 0 Å². The van der Waals surface area contributed by atoms with E-state index in [2.05, 4.69) is 56.6 Å². The van der Waals surface area contributed by atoms with Crippen molar-refractivity contribution in [3.05, 3.63) is 29.1 Å². The fourth-order valence-corrected chi connectivity index (χ4v) is 2.73. The van der Waals surface area contributed by atoms with Gasteiger partial charge in [-0.3, -0.25) is 4.90 Å². The zero-order valence-electron chi connectivity index (χ0n) is 13.5. The van der Waals surface area contributed by atoms with Gasteiger partial charge in [0.1, 0.15) is 5.82 Å². The van der Waals surface area contributed by atoms with E-state index in [1.807, 2.05) is 0 Å². The lowest BCUT2D eigenvalue weighted by Gasteiger charge is -2.26. The largest absolute Gasteiger partial charge is 0.341 e. The molecule has 3 heteroatoms. The van der Waals surface area contributed by atoms with Gasteiger partial charge in [0, 0.05) is 0 Å². The molecule has 1 heterocycles. The van der Waals surface area contributed by atoms with Gasteiger partial charge in [-0.1, -0.05) is 13.8 Å². The molecule has 0 fully saturated rings. The summed E-state index contributed by atoms with van der Waals surface area (Å²) in [6.45, 7) is 13.3. The zero-order valence-corrected chi connectivity index (χ0v) is 13.5. The molecule has 0 saturated carbocycles. The van der Waals surface area contributed by atoms with Crippen LogP contribution in [0.5, 0.6) is 0 Å². The van der Waals surface area contributed by atoms with E-state index >= 15 is 0 Å². The molecule has 0 bridgehead atoms. The first-order chi connectivity index (χ1) is 9.56. The summed E-state index contributed by atoms with van der Waals surface area (Å²) in [7, 11) is 0. The summed E-state index contributed by atoms with van der Waals surface area (Å²) < 4.78 is 0. The second-order valence-corrected chi connectivity index (χ2v) is 5.79. The molecule has 2 aromatic rings. The Bertz CT molecular complexity index is 526. The lowest BCUT2D eigenvalue weighted by atomic mass is 10.1. The van der Waals surface area contributed by atoms with Gasteiger partial charge in [-0.25, -0.2) is 4.98 Å². The maximum atomic E-state index is 4.80. The van der Waals surface area contributed by atoms with Crippen LogP contribution in [0.15, 0.2) is 12.1 Å². The summed E-state index contributed by atoms with van der Waals surface area (Å²) in [6.07, 6.45) is 2.37. The molecule has 0 saturated heterocycles. The molecule has 1 unspecified atom stereocenters. The number of benzene rings is 1. The van der Waals surface area contributed by atoms with Crippen molar-refractivity contribution in [2.75, 3.05) is 13.1 Å². The van der Waals surface area contributed by atoms with Crippen molar-refractivity contribution in [3.63, 3.8) is 0 Å². The maximum Gasteiger partial charge on any atom is 0.124 e. The van der Waals surface area contributed by atoms with Crippen molar-refractivity contribution in [2.45, 2.75) is 53.5 Å². The highest BCUT2D eigenvalue weighted by atomic mass is 15.2. The van der Waals surface area contributed by atoms with E-state index in [9.17, 15) is 0 Å². The number of nitrogens with one attached hydrogen (secondary N) is 1. The molecule has 0 aliphatic heterocycles. The highest BCUT2D eigenvalue weighted by Crippen LogP contribution is 2.23.